The van der Waals surface area contributed by atoms with Crippen LogP contribution < -0.4 is 0 Å². The summed E-state index contributed by atoms with van der Waals surface area (Å²) in [6.07, 6.45) is 0. The summed E-state index contributed by atoms with van der Waals surface area (Å²) >= 11 is 0. The van der Waals surface area contributed by atoms with Crippen molar-refractivity contribution in [3.05, 3.63) is 224 Å². The van der Waals surface area contributed by atoms with Crippen molar-refractivity contribution in [3.63, 3.8) is 0 Å². The van der Waals surface area contributed by atoms with Gasteiger partial charge in [0.15, 0.2) is 17.5 Å². The number of fused-ring (bicyclic) bond motifs is 6. The van der Waals surface area contributed by atoms with Crippen LogP contribution in [0, 0.1) is 0 Å². The molecule has 0 atom stereocenters. The van der Waals surface area contributed by atoms with Crippen LogP contribution in [-0.4, -0.2) is 15.0 Å². The second-order valence-corrected chi connectivity index (χ2v) is 16.0. The summed E-state index contributed by atoms with van der Waals surface area (Å²) in [6, 6.07) is 78.8. The number of para-hydroxylation sites is 1. The summed E-state index contributed by atoms with van der Waals surface area (Å²) in [6.45, 7) is 0. The van der Waals surface area contributed by atoms with E-state index in [1.54, 1.807) is 0 Å². The van der Waals surface area contributed by atoms with E-state index in [1.165, 1.54) is 32.8 Å². The molecule has 4 heteroatoms. The van der Waals surface area contributed by atoms with Crippen LogP contribution in [0.25, 0.3) is 122 Å². The van der Waals surface area contributed by atoms with E-state index in [0.717, 1.165) is 71.8 Å². The minimum absolute atomic E-state index is 0.585. The fraction of sp³-hybridized carbons (Fsp3) is 0. The average molecular weight is 804 g/mol. The fourth-order valence-electron chi connectivity index (χ4n) is 8.96. The van der Waals surface area contributed by atoms with Crippen molar-refractivity contribution < 1.29 is 4.42 Å². The maximum Gasteiger partial charge on any atom is 0.164 e. The Morgan fingerprint density at radius 3 is 1.52 bits per heavy atom. The smallest absolute Gasteiger partial charge is 0.164 e. The summed E-state index contributed by atoms with van der Waals surface area (Å²) in [7, 11) is 0. The van der Waals surface area contributed by atoms with Gasteiger partial charge in [0, 0.05) is 33.0 Å². The Morgan fingerprint density at radius 2 is 0.762 bits per heavy atom. The SMILES string of the molecule is c1ccc(-c2ccc(-c3nc(-c4ccc5c(ccc6ccccc65)c4)nc(-c4cccc5oc6c(-c7ccc(-c8cccc(-c9ccccc9)c8)cc7)cccc6c45)n3)cc2)cc1. The first-order chi connectivity index (χ1) is 31.2. The lowest BCUT2D eigenvalue weighted by atomic mass is 9.96. The van der Waals surface area contributed by atoms with Crippen LogP contribution in [0.1, 0.15) is 0 Å². The van der Waals surface area contributed by atoms with Crippen molar-refractivity contribution in [3.8, 4) is 78.7 Å². The van der Waals surface area contributed by atoms with E-state index >= 15 is 0 Å². The van der Waals surface area contributed by atoms with Crippen LogP contribution in [0.3, 0.4) is 0 Å². The molecule has 0 bridgehead atoms. The third-order valence-electron chi connectivity index (χ3n) is 12.2. The molecule has 0 unspecified atom stereocenters. The van der Waals surface area contributed by atoms with Gasteiger partial charge in [-0.3, -0.25) is 0 Å². The lowest BCUT2D eigenvalue weighted by molar-refractivity contribution is 0.670. The summed E-state index contributed by atoms with van der Waals surface area (Å²) in [5.41, 5.74) is 13.5. The molecule has 12 rings (SSSR count). The zero-order valence-corrected chi connectivity index (χ0v) is 34.1. The van der Waals surface area contributed by atoms with Gasteiger partial charge in [0.05, 0.1) is 0 Å². The number of furan rings is 1. The lowest BCUT2D eigenvalue weighted by Gasteiger charge is -2.11. The minimum atomic E-state index is 0.585. The molecular weight excluding hydrogens is 767 g/mol. The molecule has 294 valence electrons. The van der Waals surface area contributed by atoms with E-state index in [0.29, 0.717) is 17.5 Å². The molecule has 4 nitrogen and oxygen atoms in total. The van der Waals surface area contributed by atoms with E-state index in [2.05, 4.69) is 206 Å². The first-order valence-electron chi connectivity index (χ1n) is 21.2. The quantitative estimate of drug-likeness (QED) is 0.151. The van der Waals surface area contributed by atoms with Gasteiger partial charge in [-0.1, -0.05) is 206 Å². The molecule has 2 aromatic heterocycles. The summed E-state index contributed by atoms with van der Waals surface area (Å²) in [5, 5.41) is 6.74. The van der Waals surface area contributed by atoms with Crippen LogP contribution in [-0.2, 0) is 0 Å². The Hall–Kier alpha value is -8.47. The molecule has 0 N–H and O–H groups in total. The number of benzene rings is 10. The van der Waals surface area contributed by atoms with Gasteiger partial charge in [0.2, 0.25) is 0 Å². The Kier molecular flexibility index (Phi) is 8.79. The number of rotatable bonds is 7. The van der Waals surface area contributed by atoms with Gasteiger partial charge < -0.3 is 4.42 Å². The number of hydrogen-bond donors (Lipinski definition) is 0. The van der Waals surface area contributed by atoms with Crippen molar-refractivity contribution in [1.82, 2.24) is 15.0 Å². The molecule has 0 saturated heterocycles. The minimum Gasteiger partial charge on any atom is -0.455 e. The van der Waals surface area contributed by atoms with E-state index in [-0.39, 0.29) is 0 Å². The van der Waals surface area contributed by atoms with Crippen LogP contribution in [0.15, 0.2) is 229 Å². The Morgan fingerprint density at radius 1 is 0.270 bits per heavy atom. The summed E-state index contributed by atoms with van der Waals surface area (Å²) < 4.78 is 6.78. The average Bonchev–Trinajstić information content (AvgIpc) is 3.76. The van der Waals surface area contributed by atoms with Gasteiger partial charge in [-0.2, -0.15) is 0 Å². The zero-order chi connectivity index (χ0) is 41.7. The molecule has 0 fully saturated rings. The van der Waals surface area contributed by atoms with Crippen molar-refractivity contribution in [2.45, 2.75) is 0 Å². The highest BCUT2D eigenvalue weighted by molar-refractivity contribution is 6.15. The van der Waals surface area contributed by atoms with Crippen molar-refractivity contribution in [1.29, 1.82) is 0 Å². The third kappa shape index (κ3) is 6.62. The van der Waals surface area contributed by atoms with E-state index in [1.807, 2.05) is 18.2 Å². The molecule has 2 heterocycles. The van der Waals surface area contributed by atoms with Crippen LogP contribution in [0.2, 0.25) is 0 Å². The van der Waals surface area contributed by atoms with Crippen molar-refractivity contribution >= 4 is 43.5 Å². The highest BCUT2D eigenvalue weighted by Crippen LogP contribution is 2.41. The van der Waals surface area contributed by atoms with Gasteiger partial charge in [-0.05, 0) is 78.7 Å². The van der Waals surface area contributed by atoms with E-state index < -0.39 is 0 Å². The highest BCUT2D eigenvalue weighted by Gasteiger charge is 2.20. The third-order valence-corrected chi connectivity index (χ3v) is 12.2. The maximum absolute atomic E-state index is 6.78. The largest absolute Gasteiger partial charge is 0.455 e. The van der Waals surface area contributed by atoms with Gasteiger partial charge in [-0.25, -0.2) is 15.0 Å². The van der Waals surface area contributed by atoms with Gasteiger partial charge in [0.1, 0.15) is 11.2 Å². The Bertz CT molecular complexity index is 3650. The number of nitrogens with zero attached hydrogens (tertiary/aromatic N) is 3. The van der Waals surface area contributed by atoms with Gasteiger partial charge in [-0.15, -0.1) is 0 Å². The van der Waals surface area contributed by atoms with E-state index in [9.17, 15) is 0 Å². The molecular formula is C59H37N3O. The van der Waals surface area contributed by atoms with Gasteiger partial charge in [0.25, 0.3) is 0 Å². The maximum atomic E-state index is 6.78. The normalized spacial score (nSPS) is 11.5. The summed E-state index contributed by atoms with van der Waals surface area (Å²) in [5.74, 6) is 1.80. The molecule has 0 aliphatic heterocycles. The van der Waals surface area contributed by atoms with Gasteiger partial charge >= 0.3 is 0 Å². The summed E-state index contributed by atoms with van der Waals surface area (Å²) in [4.78, 5) is 15.6. The lowest BCUT2D eigenvalue weighted by Crippen LogP contribution is -2.00. The van der Waals surface area contributed by atoms with Crippen LogP contribution >= 0.6 is 0 Å². The Labute approximate surface area is 364 Å². The van der Waals surface area contributed by atoms with Crippen molar-refractivity contribution in [2.75, 3.05) is 0 Å². The molecule has 0 aliphatic carbocycles. The number of hydrogen-bond acceptors (Lipinski definition) is 4. The van der Waals surface area contributed by atoms with Crippen LogP contribution in [0.4, 0.5) is 0 Å². The molecule has 10 aromatic carbocycles. The standard InChI is InChI=1S/C59H37N3O/c1-3-12-38(13-4-1)40-26-31-44(32-27-40)57-60-58(48-34-35-50-47(37-48)33-30-42-16-7-8-19-49(42)50)62-59(61-57)53-22-11-23-54-55(53)52-21-10-20-51(56(52)63-54)43-28-24-41(25-29-43)46-18-9-17-45(36-46)39-14-5-2-6-15-39/h1-37H. The molecule has 0 saturated carbocycles. The Balaban J connectivity index is 0.973. The molecule has 0 spiro atoms. The second kappa shape index (κ2) is 15.2. The molecule has 0 aliphatic rings. The highest BCUT2D eigenvalue weighted by atomic mass is 16.3. The molecule has 0 radical (unpaired) electrons. The number of aromatic nitrogens is 3. The second-order valence-electron chi connectivity index (χ2n) is 16.0. The first kappa shape index (κ1) is 36.4. The van der Waals surface area contributed by atoms with Crippen molar-refractivity contribution in [2.24, 2.45) is 0 Å². The monoisotopic (exact) mass is 803 g/mol. The molecule has 12 aromatic rings. The topological polar surface area (TPSA) is 51.8 Å². The predicted octanol–water partition coefficient (Wildman–Crippen LogP) is 15.7. The molecule has 0 amide bonds. The predicted molar refractivity (Wildman–Crippen MR) is 260 cm³/mol. The van der Waals surface area contributed by atoms with E-state index in [4.69, 9.17) is 19.4 Å². The zero-order valence-electron chi connectivity index (χ0n) is 34.1. The van der Waals surface area contributed by atoms with Crippen LogP contribution in [0.5, 0.6) is 0 Å². The fourth-order valence-corrected chi connectivity index (χ4v) is 8.96. The first-order valence-corrected chi connectivity index (χ1v) is 21.2. The molecule has 63 heavy (non-hydrogen) atoms.